The maximum atomic E-state index is 13.4. The molecule has 0 aliphatic rings. The zero-order valence-electron chi connectivity index (χ0n) is 16.8. The fourth-order valence-electron chi connectivity index (χ4n) is 3.58. The van der Waals surface area contributed by atoms with Crippen LogP contribution in [0.25, 0.3) is 10.9 Å². The van der Waals surface area contributed by atoms with E-state index in [1.54, 1.807) is 43.8 Å². The van der Waals surface area contributed by atoms with Gasteiger partial charge in [-0.05, 0) is 37.1 Å². The summed E-state index contributed by atoms with van der Waals surface area (Å²) in [5.41, 5.74) is 2.00. The molecule has 1 heterocycles. The number of anilines is 1. The standard InChI is InChI=1S/C22H25F2N3O2/c1-15-25-20-10-9-17(26(2)13-21(23)24)12-19(20)22(28)27(15)18(14-29-3)11-16-7-5-4-6-8-16/h4-10,12,18,21H,11,13-14H2,1-3H3/t18-/m0/s1. The Kier molecular flexibility index (Phi) is 6.59. The summed E-state index contributed by atoms with van der Waals surface area (Å²) in [4.78, 5) is 19.4. The van der Waals surface area contributed by atoms with E-state index in [-0.39, 0.29) is 11.6 Å². The van der Waals surface area contributed by atoms with Gasteiger partial charge in [0.25, 0.3) is 12.0 Å². The molecule has 0 bridgehead atoms. The summed E-state index contributed by atoms with van der Waals surface area (Å²) in [5.74, 6) is 0.592. The predicted molar refractivity (Wildman–Crippen MR) is 111 cm³/mol. The van der Waals surface area contributed by atoms with E-state index < -0.39 is 13.0 Å². The molecule has 1 aromatic heterocycles. The second-order valence-corrected chi connectivity index (χ2v) is 7.11. The number of hydrogen-bond donors (Lipinski definition) is 0. The Morgan fingerprint density at radius 1 is 1.17 bits per heavy atom. The normalized spacial score (nSPS) is 12.5. The molecule has 7 heteroatoms. The summed E-state index contributed by atoms with van der Waals surface area (Å²) in [5, 5.41) is 0.406. The molecule has 0 unspecified atom stereocenters. The number of aromatic nitrogens is 2. The second kappa shape index (κ2) is 9.13. The monoisotopic (exact) mass is 401 g/mol. The van der Waals surface area contributed by atoms with Gasteiger partial charge in [-0.25, -0.2) is 13.8 Å². The van der Waals surface area contributed by atoms with Gasteiger partial charge in [-0.3, -0.25) is 9.36 Å². The SMILES string of the molecule is COC[C@H](Cc1ccccc1)n1c(C)nc2ccc(N(C)CC(F)F)cc2c1=O. The molecule has 154 valence electrons. The van der Waals surface area contributed by atoms with Crippen molar-refractivity contribution in [3.63, 3.8) is 0 Å². The van der Waals surface area contributed by atoms with Crippen LogP contribution in [-0.2, 0) is 11.2 Å². The van der Waals surface area contributed by atoms with E-state index in [1.165, 1.54) is 4.90 Å². The van der Waals surface area contributed by atoms with E-state index in [9.17, 15) is 13.6 Å². The molecule has 3 rings (SSSR count). The Hall–Kier alpha value is -2.80. The van der Waals surface area contributed by atoms with Crippen LogP contribution in [0.3, 0.4) is 0 Å². The molecule has 0 aliphatic carbocycles. The van der Waals surface area contributed by atoms with E-state index in [4.69, 9.17) is 4.74 Å². The zero-order chi connectivity index (χ0) is 21.0. The van der Waals surface area contributed by atoms with Crippen LogP contribution in [0.5, 0.6) is 0 Å². The van der Waals surface area contributed by atoms with E-state index in [2.05, 4.69) is 4.98 Å². The van der Waals surface area contributed by atoms with Crippen LogP contribution in [0, 0.1) is 6.92 Å². The van der Waals surface area contributed by atoms with Gasteiger partial charge in [-0.15, -0.1) is 0 Å². The maximum Gasteiger partial charge on any atom is 0.261 e. The minimum Gasteiger partial charge on any atom is -0.383 e. The first-order chi connectivity index (χ1) is 13.9. The van der Waals surface area contributed by atoms with Crippen LogP contribution in [0.15, 0.2) is 53.3 Å². The van der Waals surface area contributed by atoms with Gasteiger partial charge in [0.15, 0.2) is 0 Å². The molecule has 0 saturated heterocycles. The number of halogens is 2. The smallest absolute Gasteiger partial charge is 0.261 e. The number of alkyl halides is 2. The fraction of sp³-hybridized carbons (Fsp3) is 0.364. The maximum absolute atomic E-state index is 13.4. The Bertz CT molecular complexity index is 1020. The van der Waals surface area contributed by atoms with E-state index in [1.807, 2.05) is 30.3 Å². The lowest BCUT2D eigenvalue weighted by Crippen LogP contribution is -2.32. The second-order valence-electron chi connectivity index (χ2n) is 7.11. The van der Waals surface area contributed by atoms with Crippen molar-refractivity contribution in [3.8, 4) is 0 Å². The first-order valence-corrected chi connectivity index (χ1v) is 9.45. The molecular formula is C22H25F2N3O2. The average molecular weight is 401 g/mol. The summed E-state index contributed by atoms with van der Waals surface area (Å²) in [6.45, 7) is 1.75. The van der Waals surface area contributed by atoms with Crippen LogP contribution < -0.4 is 10.5 Å². The van der Waals surface area contributed by atoms with Gasteiger partial charge in [0.2, 0.25) is 0 Å². The highest BCUT2D eigenvalue weighted by Gasteiger charge is 2.19. The summed E-state index contributed by atoms with van der Waals surface area (Å²) >= 11 is 0. The number of benzene rings is 2. The molecule has 5 nitrogen and oxygen atoms in total. The van der Waals surface area contributed by atoms with E-state index >= 15 is 0 Å². The Labute approximate surface area is 168 Å². The van der Waals surface area contributed by atoms with Crippen molar-refractivity contribution in [2.75, 3.05) is 32.2 Å². The highest BCUT2D eigenvalue weighted by molar-refractivity contribution is 5.81. The fourth-order valence-corrected chi connectivity index (χ4v) is 3.58. The molecule has 3 aromatic rings. The largest absolute Gasteiger partial charge is 0.383 e. The van der Waals surface area contributed by atoms with Crippen LogP contribution in [0.1, 0.15) is 17.4 Å². The average Bonchev–Trinajstić information content (AvgIpc) is 2.68. The molecule has 29 heavy (non-hydrogen) atoms. The minimum absolute atomic E-state index is 0.197. The summed E-state index contributed by atoms with van der Waals surface area (Å²) in [6, 6.07) is 14.7. The number of fused-ring (bicyclic) bond motifs is 1. The number of aryl methyl sites for hydroxylation is 1. The van der Waals surface area contributed by atoms with Crippen LogP contribution >= 0.6 is 0 Å². The highest BCUT2D eigenvalue weighted by Crippen LogP contribution is 2.21. The lowest BCUT2D eigenvalue weighted by Gasteiger charge is -2.23. The van der Waals surface area contributed by atoms with Gasteiger partial charge >= 0.3 is 0 Å². The molecule has 0 amide bonds. The van der Waals surface area contributed by atoms with Crippen molar-refractivity contribution in [3.05, 3.63) is 70.3 Å². The van der Waals surface area contributed by atoms with Gasteiger partial charge < -0.3 is 9.64 Å². The van der Waals surface area contributed by atoms with Gasteiger partial charge in [-0.2, -0.15) is 0 Å². The van der Waals surface area contributed by atoms with E-state index in [0.717, 1.165) is 5.56 Å². The third kappa shape index (κ3) is 4.79. The molecule has 0 spiro atoms. The van der Waals surface area contributed by atoms with Gasteiger partial charge in [0, 0.05) is 19.8 Å². The molecule has 0 aliphatic heterocycles. The van der Waals surface area contributed by atoms with Crippen molar-refractivity contribution >= 4 is 16.6 Å². The van der Waals surface area contributed by atoms with Gasteiger partial charge in [0.05, 0.1) is 30.1 Å². The first-order valence-electron chi connectivity index (χ1n) is 9.45. The Morgan fingerprint density at radius 2 is 1.90 bits per heavy atom. The number of hydrogen-bond acceptors (Lipinski definition) is 4. The molecule has 0 radical (unpaired) electrons. The first kappa shape index (κ1) is 20.9. The third-order valence-corrected chi connectivity index (χ3v) is 4.95. The molecule has 2 aromatic carbocycles. The topological polar surface area (TPSA) is 47.4 Å². The molecule has 0 fully saturated rings. The van der Waals surface area contributed by atoms with Crippen LogP contribution in [0.2, 0.25) is 0 Å². The molecule has 1 atom stereocenters. The van der Waals surface area contributed by atoms with Crippen molar-refractivity contribution in [1.29, 1.82) is 0 Å². The van der Waals surface area contributed by atoms with Gasteiger partial charge in [-0.1, -0.05) is 30.3 Å². The Morgan fingerprint density at radius 3 is 2.55 bits per heavy atom. The summed E-state index contributed by atoms with van der Waals surface area (Å²) in [6.07, 6.45) is -1.84. The number of ether oxygens (including phenoxy) is 1. The zero-order valence-corrected chi connectivity index (χ0v) is 16.8. The minimum atomic E-state index is -2.46. The van der Waals surface area contributed by atoms with Crippen LogP contribution in [0.4, 0.5) is 14.5 Å². The molecule has 0 N–H and O–H groups in total. The highest BCUT2D eigenvalue weighted by atomic mass is 19.3. The number of methoxy groups -OCH3 is 1. The van der Waals surface area contributed by atoms with Crippen molar-refractivity contribution in [2.45, 2.75) is 25.8 Å². The third-order valence-electron chi connectivity index (χ3n) is 4.95. The quantitative estimate of drug-likeness (QED) is 0.576. The van der Waals surface area contributed by atoms with Crippen molar-refractivity contribution in [1.82, 2.24) is 9.55 Å². The Balaban J connectivity index is 2.06. The molecular weight excluding hydrogens is 376 g/mol. The van der Waals surface area contributed by atoms with Crippen molar-refractivity contribution < 1.29 is 13.5 Å². The summed E-state index contributed by atoms with van der Waals surface area (Å²) < 4.78 is 32.5. The summed E-state index contributed by atoms with van der Waals surface area (Å²) in [7, 11) is 3.18. The molecule has 0 saturated carbocycles. The lowest BCUT2D eigenvalue weighted by molar-refractivity contribution is 0.152. The lowest BCUT2D eigenvalue weighted by atomic mass is 10.1. The van der Waals surface area contributed by atoms with Crippen LogP contribution in [-0.4, -0.2) is 43.3 Å². The van der Waals surface area contributed by atoms with E-state index in [0.29, 0.717) is 35.4 Å². The number of nitrogens with zero attached hydrogens (tertiary/aromatic N) is 3. The van der Waals surface area contributed by atoms with Gasteiger partial charge in [0.1, 0.15) is 5.82 Å². The number of rotatable bonds is 8. The predicted octanol–water partition coefficient (Wildman–Crippen LogP) is 3.84. The van der Waals surface area contributed by atoms with Crippen molar-refractivity contribution in [2.24, 2.45) is 0 Å².